The Morgan fingerprint density at radius 2 is 1.85 bits per heavy atom. The van der Waals surface area contributed by atoms with Crippen LogP contribution in [0.3, 0.4) is 0 Å². The number of hydrazone groups is 1. The first-order valence-corrected chi connectivity index (χ1v) is 12.6. The molecule has 2 N–H and O–H groups in total. The van der Waals surface area contributed by atoms with Crippen LogP contribution in [0.4, 0.5) is 0 Å². The highest BCUT2D eigenvalue weighted by Gasteiger charge is 2.29. The molecule has 2 unspecified atom stereocenters. The highest BCUT2D eigenvalue weighted by atomic mass is 32.2. The normalized spacial score (nSPS) is 20.9. The molecule has 174 valence electrons. The van der Waals surface area contributed by atoms with Crippen molar-refractivity contribution in [2.75, 3.05) is 31.6 Å². The second-order valence-electron chi connectivity index (χ2n) is 7.95. The Morgan fingerprint density at radius 3 is 2.55 bits per heavy atom. The molecule has 2 aliphatic rings. The predicted octanol–water partition coefficient (Wildman–Crippen LogP) is 1.54. The van der Waals surface area contributed by atoms with E-state index in [2.05, 4.69) is 20.8 Å². The zero-order valence-corrected chi connectivity index (χ0v) is 19.4. The summed E-state index contributed by atoms with van der Waals surface area (Å²) in [6.07, 6.45) is -0.631. The van der Waals surface area contributed by atoms with Crippen LogP contribution in [0.5, 0.6) is 0 Å². The Labute approximate surface area is 193 Å². The molecule has 2 aliphatic heterocycles. The lowest BCUT2D eigenvalue weighted by Crippen LogP contribution is -2.54. The van der Waals surface area contributed by atoms with Crippen molar-refractivity contribution in [2.45, 2.75) is 19.2 Å². The minimum atomic E-state index is -2.98. The van der Waals surface area contributed by atoms with Gasteiger partial charge in [-0.05, 0) is 18.6 Å². The lowest BCUT2D eigenvalue weighted by atomic mass is 9.95. The van der Waals surface area contributed by atoms with E-state index in [-0.39, 0.29) is 23.2 Å². The Bertz CT molecular complexity index is 1170. The number of ether oxygens (including phenoxy) is 1. The minimum Gasteiger partial charge on any atom is -0.435 e. The molecule has 2 heterocycles. The van der Waals surface area contributed by atoms with Gasteiger partial charge in [-0.25, -0.2) is 8.42 Å². The maximum absolute atomic E-state index is 12.8. The van der Waals surface area contributed by atoms with Crippen molar-refractivity contribution in [2.24, 2.45) is 10.1 Å². The standard InChI is InChI=1S/C23H27N5O4S/c1-16(18-9-6-10-19(15-18)20(29)17-7-4-3-5-8-17)21-26-27-23(32-21)25-22(24-2)28-11-13-33(30,31)14-12-28/h3-10,15-16,23,27H,11-14H2,1-2H3,(H,24,25). The Balaban J connectivity index is 1.38. The van der Waals surface area contributed by atoms with E-state index >= 15 is 0 Å². The molecule has 0 aliphatic carbocycles. The van der Waals surface area contributed by atoms with E-state index in [1.54, 1.807) is 25.2 Å². The molecule has 4 rings (SSSR count). The number of hydrogen-bond acceptors (Lipinski definition) is 7. The van der Waals surface area contributed by atoms with Crippen LogP contribution in [-0.2, 0) is 14.6 Å². The van der Waals surface area contributed by atoms with Crippen LogP contribution in [0.25, 0.3) is 0 Å². The SMILES string of the molecule is CN=C(NC1NN=C(C(C)c2cccc(C(=O)c3ccccc3)c2)O1)N1CCS(=O)(=O)CC1. The Hall–Kier alpha value is -3.40. The van der Waals surface area contributed by atoms with Crippen LogP contribution in [-0.4, -0.2) is 69.0 Å². The number of hydrogen-bond donors (Lipinski definition) is 2. The van der Waals surface area contributed by atoms with Gasteiger partial charge in [-0.15, -0.1) is 5.10 Å². The maximum Gasteiger partial charge on any atom is 0.267 e. The topological polar surface area (TPSA) is 112 Å². The fourth-order valence-corrected chi connectivity index (χ4v) is 4.94. The first-order chi connectivity index (χ1) is 15.9. The van der Waals surface area contributed by atoms with Gasteiger partial charge >= 0.3 is 0 Å². The lowest BCUT2D eigenvalue weighted by molar-refractivity contribution is 0.103. The van der Waals surface area contributed by atoms with Crippen molar-refractivity contribution in [1.82, 2.24) is 15.6 Å². The highest BCUT2D eigenvalue weighted by Crippen LogP contribution is 2.22. The zero-order chi connectivity index (χ0) is 23.4. The number of carbonyl (C=O) groups is 1. The van der Waals surface area contributed by atoms with Crippen LogP contribution >= 0.6 is 0 Å². The number of benzene rings is 2. The molecule has 0 aromatic heterocycles. The quantitative estimate of drug-likeness (QED) is 0.388. The van der Waals surface area contributed by atoms with Gasteiger partial charge in [0.05, 0.1) is 17.4 Å². The summed E-state index contributed by atoms with van der Waals surface area (Å²) in [5, 5.41) is 7.44. The summed E-state index contributed by atoms with van der Waals surface area (Å²) in [5.41, 5.74) is 5.05. The van der Waals surface area contributed by atoms with Crippen molar-refractivity contribution in [3.63, 3.8) is 0 Å². The number of carbonyl (C=O) groups excluding carboxylic acids is 1. The van der Waals surface area contributed by atoms with E-state index < -0.39 is 16.2 Å². The third-order valence-corrected chi connectivity index (χ3v) is 7.31. The van der Waals surface area contributed by atoms with E-state index in [0.717, 1.165) is 5.56 Å². The van der Waals surface area contributed by atoms with Gasteiger partial charge in [0.25, 0.3) is 6.35 Å². The predicted molar refractivity (Wildman–Crippen MR) is 127 cm³/mol. The molecule has 0 spiro atoms. The Morgan fingerprint density at radius 1 is 1.15 bits per heavy atom. The number of rotatable bonds is 5. The van der Waals surface area contributed by atoms with E-state index in [1.807, 2.05) is 48.2 Å². The van der Waals surface area contributed by atoms with Crippen molar-refractivity contribution >= 4 is 27.5 Å². The molecule has 0 saturated carbocycles. The van der Waals surface area contributed by atoms with Crippen molar-refractivity contribution in [3.05, 3.63) is 71.3 Å². The van der Waals surface area contributed by atoms with Gasteiger partial charge in [-0.2, -0.15) is 0 Å². The third kappa shape index (κ3) is 5.33. The van der Waals surface area contributed by atoms with E-state index in [4.69, 9.17) is 4.74 Å². The fourth-order valence-electron chi connectivity index (χ4n) is 3.74. The average molecular weight is 470 g/mol. The van der Waals surface area contributed by atoms with E-state index in [0.29, 0.717) is 36.1 Å². The average Bonchev–Trinajstić information content (AvgIpc) is 3.31. The molecule has 10 heteroatoms. The first-order valence-electron chi connectivity index (χ1n) is 10.7. The molecule has 33 heavy (non-hydrogen) atoms. The van der Waals surface area contributed by atoms with E-state index in [1.165, 1.54) is 0 Å². The van der Waals surface area contributed by atoms with Crippen molar-refractivity contribution in [1.29, 1.82) is 0 Å². The molecule has 0 bridgehead atoms. The van der Waals surface area contributed by atoms with Gasteiger partial charge in [-0.3, -0.25) is 15.2 Å². The number of guanidine groups is 1. The maximum atomic E-state index is 12.8. The molecule has 9 nitrogen and oxygen atoms in total. The van der Waals surface area contributed by atoms with Gasteiger partial charge in [0.2, 0.25) is 5.90 Å². The molecule has 2 aromatic carbocycles. The summed E-state index contributed by atoms with van der Waals surface area (Å²) in [7, 11) is -1.34. The number of sulfone groups is 1. The number of aliphatic imine (C=N–C) groups is 1. The van der Waals surface area contributed by atoms with Crippen LogP contribution < -0.4 is 10.7 Å². The molecule has 2 aromatic rings. The van der Waals surface area contributed by atoms with Gasteiger partial charge in [0.15, 0.2) is 21.6 Å². The summed E-state index contributed by atoms with van der Waals surface area (Å²) in [6, 6.07) is 16.6. The number of nitrogens with one attached hydrogen (secondary N) is 2. The summed E-state index contributed by atoms with van der Waals surface area (Å²) in [5.74, 6) is 1.00. The summed E-state index contributed by atoms with van der Waals surface area (Å²) >= 11 is 0. The smallest absolute Gasteiger partial charge is 0.267 e. The van der Waals surface area contributed by atoms with Crippen LogP contribution in [0.1, 0.15) is 34.3 Å². The van der Waals surface area contributed by atoms with E-state index in [9.17, 15) is 13.2 Å². The number of ketones is 1. The molecular weight excluding hydrogens is 442 g/mol. The molecule has 1 saturated heterocycles. The molecule has 0 radical (unpaired) electrons. The summed E-state index contributed by atoms with van der Waals surface area (Å²) in [4.78, 5) is 18.9. The largest absolute Gasteiger partial charge is 0.435 e. The molecular formula is C23H27N5O4S. The summed E-state index contributed by atoms with van der Waals surface area (Å²) < 4.78 is 29.3. The minimum absolute atomic E-state index is 0.0380. The van der Waals surface area contributed by atoms with Gasteiger partial charge in [0, 0.05) is 31.3 Å². The van der Waals surface area contributed by atoms with Gasteiger partial charge in [-0.1, -0.05) is 48.5 Å². The van der Waals surface area contributed by atoms with Gasteiger partial charge < -0.3 is 15.0 Å². The Kier molecular flexibility index (Phi) is 6.64. The summed E-state index contributed by atoms with van der Waals surface area (Å²) in [6.45, 7) is 2.71. The second kappa shape index (κ2) is 9.62. The van der Waals surface area contributed by atoms with Crippen LogP contribution in [0.15, 0.2) is 64.7 Å². The monoisotopic (exact) mass is 469 g/mol. The third-order valence-electron chi connectivity index (χ3n) is 5.70. The highest BCUT2D eigenvalue weighted by molar-refractivity contribution is 7.91. The van der Waals surface area contributed by atoms with Crippen molar-refractivity contribution in [3.8, 4) is 0 Å². The van der Waals surface area contributed by atoms with Crippen LogP contribution in [0, 0.1) is 0 Å². The van der Waals surface area contributed by atoms with Crippen molar-refractivity contribution < 1.29 is 17.9 Å². The molecule has 0 amide bonds. The first kappa shape index (κ1) is 22.8. The van der Waals surface area contributed by atoms with Gasteiger partial charge in [0.1, 0.15) is 0 Å². The number of nitrogens with zero attached hydrogens (tertiary/aromatic N) is 3. The second-order valence-corrected chi connectivity index (χ2v) is 10.3. The zero-order valence-electron chi connectivity index (χ0n) is 18.6. The van der Waals surface area contributed by atoms with Crippen LogP contribution in [0.2, 0.25) is 0 Å². The molecule has 1 fully saturated rings. The lowest BCUT2D eigenvalue weighted by Gasteiger charge is -2.31. The fraction of sp³-hybridized carbons (Fsp3) is 0.348. The molecule has 2 atom stereocenters.